The molecule has 0 radical (unpaired) electrons. The van der Waals surface area contributed by atoms with Crippen LogP contribution < -0.4 is 10.2 Å². The molecule has 2 N–H and O–H groups in total. The molecule has 1 aliphatic heterocycles. The van der Waals surface area contributed by atoms with E-state index in [0.29, 0.717) is 22.4 Å². The molecule has 10 heteroatoms. The minimum Gasteiger partial charge on any atom is -0.478 e. The average Bonchev–Trinajstić information content (AvgIpc) is 2.80. The van der Waals surface area contributed by atoms with Crippen LogP contribution in [0, 0.1) is 6.92 Å². The largest absolute Gasteiger partial charge is 0.478 e. The van der Waals surface area contributed by atoms with Gasteiger partial charge in [-0.2, -0.15) is 0 Å². The third-order valence-electron chi connectivity index (χ3n) is 5.94. The number of nitrogens with one attached hydrogen (secondary N) is 1. The first kappa shape index (κ1) is 30.5. The topological polar surface area (TPSA) is 85.8 Å². The van der Waals surface area contributed by atoms with Gasteiger partial charge in [-0.15, -0.1) is 37.2 Å². The van der Waals surface area contributed by atoms with Gasteiger partial charge in [-0.3, -0.25) is 4.79 Å². The molecule has 3 aromatic rings. The highest BCUT2D eigenvalue weighted by Crippen LogP contribution is 2.27. The minimum absolute atomic E-state index is 0. The predicted octanol–water partition coefficient (Wildman–Crippen LogP) is 4.83. The molecule has 190 valence electrons. The van der Waals surface area contributed by atoms with E-state index in [4.69, 9.17) is 4.98 Å². The molecule has 1 fully saturated rings. The molecule has 1 amide bonds. The molecule has 0 unspecified atom stereocenters. The molecular weight excluding hydrogens is 511 g/mol. The molecule has 2 aromatic carbocycles. The van der Waals surface area contributed by atoms with Gasteiger partial charge in [-0.05, 0) is 43.3 Å². The first-order valence-corrected chi connectivity index (χ1v) is 10.9. The van der Waals surface area contributed by atoms with Gasteiger partial charge in [0.05, 0.1) is 17.5 Å². The number of nitrogens with zero attached hydrogens (tertiary/aromatic N) is 3. The van der Waals surface area contributed by atoms with Crippen molar-refractivity contribution in [1.29, 1.82) is 0 Å². The number of anilines is 2. The molecule has 0 saturated carbocycles. The number of carbonyl (C=O) groups is 2. The summed E-state index contributed by atoms with van der Waals surface area (Å²) in [6.07, 6.45) is 0.255. The van der Waals surface area contributed by atoms with Crippen LogP contribution in [0.3, 0.4) is 0 Å². The number of aromatic carboxylic acids is 1. The van der Waals surface area contributed by atoms with E-state index in [2.05, 4.69) is 22.0 Å². The lowest BCUT2D eigenvalue weighted by molar-refractivity contribution is -0.115. The summed E-state index contributed by atoms with van der Waals surface area (Å²) in [7, 11) is 0. The Bertz CT molecular complexity index is 1150. The van der Waals surface area contributed by atoms with Crippen LogP contribution in [0.25, 0.3) is 10.9 Å². The van der Waals surface area contributed by atoms with Crippen molar-refractivity contribution in [2.75, 3.05) is 42.9 Å². The van der Waals surface area contributed by atoms with E-state index in [1.54, 1.807) is 24.3 Å². The zero-order valence-electron chi connectivity index (χ0n) is 19.7. The van der Waals surface area contributed by atoms with Gasteiger partial charge in [-0.1, -0.05) is 36.8 Å². The van der Waals surface area contributed by atoms with E-state index in [9.17, 15) is 14.7 Å². The number of aromatic nitrogens is 1. The lowest BCUT2D eigenvalue weighted by atomic mass is 10.1. The number of amides is 1. The van der Waals surface area contributed by atoms with E-state index in [-0.39, 0.29) is 55.1 Å². The van der Waals surface area contributed by atoms with E-state index in [1.165, 1.54) is 0 Å². The van der Waals surface area contributed by atoms with Crippen LogP contribution >= 0.6 is 37.2 Å². The highest BCUT2D eigenvalue weighted by Gasteiger charge is 2.20. The van der Waals surface area contributed by atoms with Crippen LogP contribution in [-0.4, -0.2) is 59.6 Å². The maximum atomic E-state index is 12.5. The van der Waals surface area contributed by atoms with Crippen molar-refractivity contribution >= 4 is 71.5 Å². The number of aryl methyl sites for hydroxylation is 1. The third kappa shape index (κ3) is 7.45. The van der Waals surface area contributed by atoms with Crippen LogP contribution in [0.1, 0.15) is 28.4 Å². The van der Waals surface area contributed by atoms with Crippen molar-refractivity contribution in [3.05, 3.63) is 65.2 Å². The molecule has 4 rings (SSSR count). The van der Waals surface area contributed by atoms with E-state index >= 15 is 0 Å². The molecule has 2 heterocycles. The van der Waals surface area contributed by atoms with Gasteiger partial charge in [0.25, 0.3) is 0 Å². The summed E-state index contributed by atoms with van der Waals surface area (Å²) in [5.41, 5.74) is 3.42. The lowest BCUT2D eigenvalue weighted by Gasteiger charge is -2.35. The Labute approximate surface area is 224 Å². The second-order valence-corrected chi connectivity index (χ2v) is 8.20. The van der Waals surface area contributed by atoms with Crippen LogP contribution in [0.4, 0.5) is 11.5 Å². The molecule has 0 spiro atoms. The number of hydrogen-bond donors (Lipinski definition) is 2. The van der Waals surface area contributed by atoms with Gasteiger partial charge in [0.1, 0.15) is 5.82 Å². The minimum atomic E-state index is -1.01. The Hall–Kier alpha value is -2.58. The van der Waals surface area contributed by atoms with Crippen molar-refractivity contribution < 1.29 is 14.7 Å². The summed E-state index contributed by atoms with van der Waals surface area (Å²) >= 11 is 0. The fourth-order valence-corrected chi connectivity index (χ4v) is 4.02. The molecule has 0 atom stereocenters. The molecule has 7 nitrogen and oxygen atoms in total. The van der Waals surface area contributed by atoms with Crippen molar-refractivity contribution in [3.63, 3.8) is 0 Å². The summed E-state index contributed by atoms with van der Waals surface area (Å²) in [5, 5.41) is 13.2. The second-order valence-electron chi connectivity index (χ2n) is 8.20. The van der Waals surface area contributed by atoms with Crippen LogP contribution in [0.15, 0.2) is 48.5 Å². The summed E-state index contributed by atoms with van der Waals surface area (Å²) in [5.74, 6) is -0.473. The summed E-state index contributed by atoms with van der Waals surface area (Å²) in [4.78, 5) is 33.7. The molecular formula is C25H31Cl3N4O3. The van der Waals surface area contributed by atoms with Crippen molar-refractivity contribution in [2.24, 2.45) is 0 Å². The van der Waals surface area contributed by atoms with Gasteiger partial charge < -0.3 is 20.2 Å². The first-order valence-electron chi connectivity index (χ1n) is 10.9. The highest BCUT2D eigenvalue weighted by molar-refractivity contribution is 6.05. The number of carbonyl (C=O) groups excluding carboxylic acids is 1. The average molecular weight is 542 g/mol. The van der Waals surface area contributed by atoms with E-state index in [1.807, 2.05) is 31.2 Å². The summed E-state index contributed by atoms with van der Waals surface area (Å²) < 4.78 is 0. The molecule has 1 aliphatic rings. The number of piperazine rings is 1. The van der Waals surface area contributed by atoms with Gasteiger partial charge in [0.2, 0.25) is 5.91 Å². The fourth-order valence-electron chi connectivity index (χ4n) is 4.02. The molecule has 35 heavy (non-hydrogen) atoms. The molecule has 0 aliphatic carbocycles. The van der Waals surface area contributed by atoms with Crippen LogP contribution in [0.5, 0.6) is 0 Å². The summed E-state index contributed by atoms with van der Waals surface area (Å²) in [6.45, 7) is 8.66. The van der Waals surface area contributed by atoms with Crippen molar-refractivity contribution in [1.82, 2.24) is 9.88 Å². The van der Waals surface area contributed by atoms with Crippen LogP contribution in [0.2, 0.25) is 0 Å². The predicted molar refractivity (Wildman–Crippen MR) is 148 cm³/mol. The van der Waals surface area contributed by atoms with Gasteiger partial charge >= 0.3 is 5.97 Å². The number of carboxylic acid groups (broad SMARTS) is 1. The number of pyridine rings is 1. The Morgan fingerprint density at radius 1 is 0.971 bits per heavy atom. The first-order chi connectivity index (χ1) is 15.4. The monoisotopic (exact) mass is 540 g/mol. The van der Waals surface area contributed by atoms with Gasteiger partial charge in [0.15, 0.2) is 0 Å². The smallest absolute Gasteiger partial charge is 0.336 e. The SMILES string of the molecule is CCN1CCN(c2cc(C(=O)O)c3cc(NC(=O)Cc4ccc(C)cc4)ccc3n2)CC1.Cl.Cl.Cl. The fraction of sp³-hybridized carbons (Fsp3) is 0.320. The Morgan fingerprint density at radius 2 is 1.63 bits per heavy atom. The summed E-state index contributed by atoms with van der Waals surface area (Å²) in [6, 6.07) is 14.7. The van der Waals surface area contributed by atoms with Gasteiger partial charge in [-0.25, -0.2) is 9.78 Å². The molecule has 1 saturated heterocycles. The zero-order valence-corrected chi connectivity index (χ0v) is 22.1. The van der Waals surface area contributed by atoms with Crippen LogP contribution in [-0.2, 0) is 11.2 Å². The maximum absolute atomic E-state index is 12.5. The standard InChI is InChI=1S/C25H28N4O3.3ClH/c1-3-28-10-12-29(13-11-28)23-16-21(25(31)32)20-15-19(8-9-22(20)27-23)26-24(30)14-18-6-4-17(2)5-7-18;;;/h4-9,15-16H,3,10-14H2,1-2H3,(H,26,30)(H,31,32);3*1H. The molecule has 0 bridgehead atoms. The Kier molecular flexibility index (Phi) is 11.7. The van der Waals surface area contributed by atoms with Crippen molar-refractivity contribution in [2.45, 2.75) is 20.3 Å². The normalized spacial score (nSPS) is 13.3. The number of carboxylic acids is 1. The third-order valence-corrected chi connectivity index (χ3v) is 5.94. The highest BCUT2D eigenvalue weighted by atomic mass is 35.5. The Balaban J connectivity index is 0.00000204. The molecule has 1 aromatic heterocycles. The number of halogens is 3. The lowest BCUT2D eigenvalue weighted by Crippen LogP contribution is -2.46. The number of benzene rings is 2. The van der Waals surface area contributed by atoms with Gasteiger partial charge in [0, 0.05) is 37.3 Å². The maximum Gasteiger partial charge on any atom is 0.336 e. The second kappa shape index (κ2) is 13.5. The number of rotatable bonds is 6. The number of hydrogen-bond acceptors (Lipinski definition) is 5. The van der Waals surface area contributed by atoms with E-state index < -0.39 is 5.97 Å². The number of likely N-dealkylation sites (N-methyl/N-ethyl adjacent to an activating group) is 1. The number of fused-ring (bicyclic) bond motifs is 1. The van der Waals surface area contributed by atoms with Crippen molar-refractivity contribution in [3.8, 4) is 0 Å². The Morgan fingerprint density at radius 3 is 2.23 bits per heavy atom. The van der Waals surface area contributed by atoms with E-state index in [0.717, 1.165) is 43.9 Å². The zero-order chi connectivity index (χ0) is 22.7. The quantitative estimate of drug-likeness (QED) is 0.465.